The van der Waals surface area contributed by atoms with Crippen molar-refractivity contribution >= 4 is 21.9 Å². The number of rotatable bonds is 5. The summed E-state index contributed by atoms with van der Waals surface area (Å²) in [6.07, 6.45) is -0.622. The van der Waals surface area contributed by atoms with E-state index >= 15 is 0 Å². The number of aliphatic imine (C=N–C) groups is 1. The Hall–Kier alpha value is -2.26. The van der Waals surface area contributed by atoms with Gasteiger partial charge in [0.15, 0.2) is 0 Å². The quantitative estimate of drug-likeness (QED) is 0.254. The van der Waals surface area contributed by atoms with Crippen molar-refractivity contribution in [2.24, 2.45) is 10.7 Å². The number of nitrogens with zero attached hydrogens (tertiary/aromatic N) is 1. The number of hydrogen-bond donors (Lipinski definition) is 3. The number of nitrogens with one attached hydrogen (secondary N) is 1. The lowest BCUT2D eigenvalue weighted by molar-refractivity contribution is 0.482. The van der Waals surface area contributed by atoms with Gasteiger partial charge in [-0.3, -0.25) is 4.55 Å². The Bertz CT molecular complexity index is 723. The third-order valence-electron chi connectivity index (χ3n) is 2.26. The van der Waals surface area contributed by atoms with E-state index in [4.69, 9.17) is 4.55 Å². The summed E-state index contributed by atoms with van der Waals surface area (Å²) >= 11 is 0. The summed E-state index contributed by atoms with van der Waals surface area (Å²) in [6, 6.07) is 3.94. The van der Waals surface area contributed by atoms with Gasteiger partial charge in [0.1, 0.15) is 0 Å². The summed E-state index contributed by atoms with van der Waals surface area (Å²) in [6.45, 7) is 4.94. The van der Waals surface area contributed by atoms with E-state index in [0.717, 1.165) is 6.08 Å². The largest absolute Gasteiger partial charge is 0.359 e. The van der Waals surface area contributed by atoms with Gasteiger partial charge in [-0.05, 0) is 30.7 Å². The van der Waals surface area contributed by atoms with Gasteiger partial charge < -0.3 is 11.1 Å². The Balaban J connectivity index is 2.93. The van der Waals surface area contributed by atoms with E-state index in [1.165, 1.54) is 25.1 Å². The van der Waals surface area contributed by atoms with Crippen molar-refractivity contribution in [2.75, 3.05) is 5.32 Å². The SMILES string of the molecule is C=C(/C=C(/F)N=C(N)F)Nc1ccc(S(=O)(=O)O)c(C)c1. The molecule has 0 saturated carbocycles. The molecule has 6 nitrogen and oxygen atoms in total. The number of anilines is 1. The summed E-state index contributed by atoms with van der Waals surface area (Å²) in [4.78, 5) is 2.49. The fourth-order valence-electron chi connectivity index (χ4n) is 1.52. The molecule has 0 aliphatic heterocycles. The second kappa shape index (κ2) is 6.46. The summed E-state index contributed by atoms with van der Waals surface area (Å²) in [5.41, 5.74) is 5.29. The molecule has 0 saturated heterocycles. The predicted octanol–water partition coefficient (Wildman–Crippen LogP) is 2.26. The lowest BCUT2D eigenvalue weighted by Crippen LogP contribution is -2.03. The van der Waals surface area contributed by atoms with Crippen LogP contribution in [0.4, 0.5) is 14.5 Å². The number of nitrogens with two attached hydrogens (primary N) is 1. The minimum Gasteiger partial charge on any atom is -0.359 e. The van der Waals surface area contributed by atoms with Crippen LogP contribution in [0.15, 0.2) is 52.4 Å². The zero-order valence-corrected chi connectivity index (χ0v) is 11.8. The van der Waals surface area contributed by atoms with Gasteiger partial charge >= 0.3 is 0 Å². The third kappa shape index (κ3) is 5.32. The molecule has 0 radical (unpaired) electrons. The maximum Gasteiger partial charge on any atom is 0.294 e. The molecule has 0 bridgehead atoms. The van der Waals surface area contributed by atoms with Crippen LogP contribution in [-0.2, 0) is 10.1 Å². The second-order valence-electron chi connectivity index (χ2n) is 4.01. The molecule has 4 N–H and O–H groups in total. The van der Waals surface area contributed by atoms with Crippen molar-refractivity contribution in [3.05, 3.63) is 48.1 Å². The van der Waals surface area contributed by atoms with E-state index in [9.17, 15) is 17.2 Å². The molecule has 114 valence electrons. The molecular formula is C12H13F2N3O3S. The molecule has 1 aromatic carbocycles. The van der Waals surface area contributed by atoms with Gasteiger partial charge in [0, 0.05) is 17.5 Å². The molecule has 0 amide bonds. The lowest BCUT2D eigenvalue weighted by atomic mass is 10.2. The maximum absolute atomic E-state index is 13.0. The Morgan fingerprint density at radius 3 is 2.57 bits per heavy atom. The molecule has 0 aliphatic carbocycles. The summed E-state index contributed by atoms with van der Waals surface area (Å²) in [5, 5.41) is 2.65. The van der Waals surface area contributed by atoms with Crippen LogP contribution in [0.5, 0.6) is 0 Å². The summed E-state index contributed by atoms with van der Waals surface area (Å²) in [5.74, 6) is -1.18. The van der Waals surface area contributed by atoms with E-state index in [1.807, 2.05) is 0 Å². The first kappa shape index (κ1) is 16.8. The molecule has 0 spiro atoms. The van der Waals surface area contributed by atoms with Crippen molar-refractivity contribution in [3.8, 4) is 0 Å². The molecule has 0 unspecified atom stereocenters. The standard InChI is InChI=1S/C12H13F2N3O3S/c1-7-5-9(3-4-10(7)21(18,19)20)16-8(2)6-11(13)17-12(14)15/h3-6,16H,2H2,1H3,(H2,15,17)(H,18,19,20)/b11-6-. The monoisotopic (exact) mass is 317 g/mol. The van der Waals surface area contributed by atoms with Crippen LogP contribution in [0.25, 0.3) is 0 Å². The molecule has 0 fully saturated rings. The van der Waals surface area contributed by atoms with Crippen molar-refractivity contribution in [3.63, 3.8) is 0 Å². The zero-order chi connectivity index (χ0) is 16.2. The van der Waals surface area contributed by atoms with Gasteiger partial charge in [0.25, 0.3) is 16.2 Å². The molecule has 0 heterocycles. The van der Waals surface area contributed by atoms with Gasteiger partial charge in [-0.2, -0.15) is 22.2 Å². The number of halogens is 2. The Labute approximate surface area is 120 Å². The molecular weight excluding hydrogens is 304 g/mol. The van der Waals surface area contributed by atoms with Gasteiger partial charge in [0.05, 0.1) is 4.90 Å². The van der Waals surface area contributed by atoms with Crippen molar-refractivity contribution in [2.45, 2.75) is 11.8 Å². The lowest BCUT2D eigenvalue weighted by Gasteiger charge is -2.09. The highest BCUT2D eigenvalue weighted by molar-refractivity contribution is 7.85. The van der Waals surface area contributed by atoms with Crippen LogP contribution in [-0.4, -0.2) is 19.1 Å². The third-order valence-corrected chi connectivity index (χ3v) is 3.28. The van der Waals surface area contributed by atoms with E-state index in [-0.39, 0.29) is 16.2 Å². The predicted molar refractivity (Wildman–Crippen MR) is 75.7 cm³/mol. The molecule has 0 atom stereocenters. The maximum atomic E-state index is 13.0. The Morgan fingerprint density at radius 1 is 1.48 bits per heavy atom. The van der Waals surface area contributed by atoms with E-state index < -0.39 is 22.2 Å². The minimum atomic E-state index is -4.31. The number of hydrogen-bond acceptors (Lipinski definition) is 4. The first-order chi connectivity index (χ1) is 9.59. The zero-order valence-electron chi connectivity index (χ0n) is 11.0. The summed E-state index contributed by atoms with van der Waals surface area (Å²) < 4.78 is 56.2. The fourth-order valence-corrected chi connectivity index (χ4v) is 2.22. The highest BCUT2D eigenvalue weighted by atomic mass is 32.2. The molecule has 1 aromatic rings. The van der Waals surface area contributed by atoms with Gasteiger partial charge in [-0.25, -0.2) is 0 Å². The van der Waals surface area contributed by atoms with Gasteiger partial charge in [-0.1, -0.05) is 6.58 Å². The number of aryl methyl sites for hydroxylation is 1. The average Bonchev–Trinajstić information content (AvgIpc) is 2.24. The van der Waals surface area contributed by atoms with Crippen LogP contribution in [0.1, 0.15) is 5.56 Å². The average molecular weight is 317 g/mol. The Morgan fingerprint density at radius 2 is 2.10 bits per heavy atom. The van der Waals surface area contributed by atoms with Crippen molar-refractivity contribution in [1.82, 2.24) is 0 Å². The van der Waals surface area contributed by atoms with Crippen LogP contribution < -0.4 is 11.1 Å². The number of allylic oxidation sites excluding steroid dienone is 1. The second-order valence-corrected chi connectivity index (χ2v) is 5.40. The first-order valence-electron chi connectivity index (χ1n) is 5.50. The van der Waals surface area contributed by atoms with Crippen molar-refractivity contribution < 1.29 is 21.8 Å². The number of benzene rings is 1. The molecule has 0 aliphatic rings. The summed E-state index contributed by atoms with van der Waals surface area (Å²) in [7, 11) is -4.31. The van der Waals surface area contributed by atoms with Gasteiger partial charge in [0.2, 0.25) is 5.95 Å². The van der Waals surface area contributed by atoms with Crippen LogP contribution in [0.3, 0.4) is 0 Å². The first-order valence-corrected chi connectivity index (χ1v) is 6.94. The van der Waals surface area contributed by atoms with Crippen molar-refractivity contribution in [1.29, 1.82) is 0 Å². The molecule has 9 heteroatoms. The minimum absolute atomic E-state index is 0.0384. The van der Waals surface area contributed by atoms with Crippen LogP contribution in [0.2, 0.25) is 0 Å². The van der Waals surface area contributed by atoms with Gasteiger partial charge in [-0.15, -0.1) is 0 Å². The van der Waals surface area contributed by atoms with Crippen LogP contribution in [0, 0.1) is 6.92 Å². The highest BCUT2D eigenvalue weighted by Gasteiger charge is 2.13. The smallest absolute Gasteiger partial charge is 0.294 e. The highest BCUT2D eigenvalue weighted by Crippen LogP contribution is 2.20. The molecule has 0 aromatic heterocycles. The normalized spacial score (nSPS) is 13.1. The van der Waals surface area contributed by atoms with E-state index in [2.05, 4.69) is 22.6 Å². The fraction of sp³-hybridized carbons (Fsp3) is 0.0833. The van der Waals surface area contributed by atoms with E-state index in [0.29, 0.717) is 5.69 Å². The Kier molecular flexibility index (Phi) is 5.17. The van der Waals surface area contributed by atoms with Crippen LogP contribution >= 0.6 is 0 Å². The number of amidine groups is 1. The molecule has 1 rings (SSSR count). The molecule has 21 heavy (non-hydrogen) atoms. The topological polar surface area (TPSA) is 105 Å². The van der Waals surface area contributed by atoms with E-state index in [1.54, 1.807) is 0 Å².